The summed E-state index contributed by atoms with van der Waals surface area (Å²) in [5, 5.41) is 19.1. The average Bonchev–Trinajstić information content (AvgIpc) is 2.78. The molecule has 0 aliphatic carbocycles. The third-order valence-corrected chi connectivity index (χ3v) is 3.90. The summed E-state index contributed by atoms with van der Waals surface area (Å²) in [5.41, 5.74) is 0.733. The standard InChI is InChI=1S/C13H23N5O2/c1-4-11-12(18(19)20)13(16(3)15-11)17(5-2)10-7-6-8-14-9-10/h10,14H,4-9H2,1-3H3. The lowest BCUT2D eigenvalue weighted by Crippen LogP contribution is -2.47. The van der Waals surface area contributed by atoms with Crippen molar-refractivity contribution >= 4 is 11.5 Å². The van der Waals surface area contributed by atoms with Crippen molar-refractivity contribution < 1.29 is 4.92 Å². The van der Waals surface area contributed by atoms with Crippen LogP contribution in [0.5, 0.6) is 0 Å². The van der Waals surface area contributed by atoms with Crippen LogP contribution in [0, 0.1) is 10.1 Å². The van der Waals surface area contributed by atoms with E-state index in [1.807, 2.05) is 13.8 Å². The van der Waals surface area contributed by atoms with Crippen LogP contribution in [0.25, 0.3) is 0 Å². The first kappa shape index (κ1) is 14.8. The molecule has 7 heteroatoms. The predicted octanol–water partition coefficient (Wildman–Crippen LogP) is 1.47. The Morgan fingerprint density at radius 1 is 1.55 bits per heavy atom. The van der Waals surface area contributed by atoms with Crippen LogP contribution in [0.2, 0.25) is 0 Å². The lowest BCUT2D eigenvalue weighted by Gasteiger charge is -2.34. The van der Waals surface area contributed by atoms with Crippen molar-refractivity contribution in [3.05, 3.63) is 15.8 Å². The largest absolute Gasteiger partial charge is 0.347 e. The highest BCUT2D eigenvalue weighted by molar-refractivity contribution is 5.62. The molecule has 0 radical (unpaired) electrons. The van der Waals surface area contributed by atoms with E-state index in [2.05, 4.69) is 15.3 Å². The first-order chi connectivity index (χ1) is 9.60. The number of hydrogen-bond acceptors (Lipinski definition) is 5. The van der Waals surface area contributed by atoms with Gasteiger partial charge in [0.1, 0.15) is 5.69 Å². The second-order valence-electron chi connectivity index (χ2n) is 5.14. The van der Waals surface area contributed by atoms with Crippen LogP contribution >= 0.6 is 0 Å². The van der Waals surface area contributed by atoms with Gasteiger partial charge >= 0.3 is 5.69 Å². The number of anilines is 1. The molecule has 0 saturated carbocycles. The Balaban J connectivity index is 2.42. The van der Waals surface area contributed by atoms with Gasteiger partial charge in [0.2, 0.25) is 5.82 Å². The fourth-order valence-electron chi connectivity index (χ4n) is 2.99. The summed E-state index contributed by atoms with van der Waals surface area (Å²) >= 11 is 0. The Hall–Kier alpha value is -1.63. The first-order valence-electron chi connectivity index (χ1n) is 7.27. The summed E-state index contributed by atoms with van der Waals surface area (Å²) in [7, 11) is 1.79. The van der Waals surface area contributed by atoms with Gasteiger partial charge in [-0.3, -0.25) is 10.1 Å². The summed E-state index contributed by atoms with van der Waals surface area (Å²) in [6.45, 7) is 6.59. The van der Waals surface area contributed by atoms with Crippen molar-refractivity contribution in [2.24, 2.45) is 7.05 Å². The predicted molar refractivity (Wildman–Crippen MR) is 78.2 cm³/mol. The van der Waals surface area contributed by atoms with Gasteiger partial charge < -0.3 is 10.2 Å². The van der Waals surface area contributed by atoms with Gasteiger partial charge in [0.15, 0.2) is 0 Å². The molecule has 0 amide bonds. The maximum Gasteiger partial charge on any atom is 0.334 e. The van der Waals surface area contributed by atoms with Crippen LogP contribution in [-0.2, 0) is 13.5 Å². The monoisotopic (exact) mass is 281 g/mol. The van der Waals surface area contributed by atoms with Gasteiger partial charge in [0.25, 0.3) is 0 Å². The number of aryl methyl sites for hydroxylation is 2. The quantitative estimate of drug-likeness (QED) is 0.653. The molecule has 1 aromatic rings. The molecule has 1 saturated heterocycles. The molecule has 2 rings (SSSR count). The molecule has 1 aromatic heterocycles. The van der Waals surface area contributed by atoms with E-state index in [1.165, 1.54) is 0 Å². The second kappa shape index (κ2) is 6.21. The van der Waals surface area contributed by atoms with Crippen molar-refractivity contribution in [1.29, 1.82) is 0 Å². The van der Waals surface area contributed by atoms with Crippen LogP contribution in [0.1, 0.15) is 32.4 Å². The topological polar surface area (TPSA) is 76.2 Å². The van der Waals surface area contributed by atoms with Crippen LogP contribution in [0.15, 0.2) is 0 Å². The Morgan fingerprint density at radius 2 is 2.30 bits per heavy atom. The zero-order valence-electron chi connectivity index (χ0n) is 12.4. The molecule has 7 nitrogen and oxygen atoms in total. The number of aromatic nitrogens is 2. The minimum atomic E-state index is -0.292. The Morgan fingerprint density at radius 3 is 2.80 bits per heavy atom. The van der Waals surface area contributed by atoms with Gasteiger partial charge in [-0.05, 0) is 32.7 Å². The van der Waals surface area contributed by atoms with Gasteiger partial charge in [0.05, 0.1) is 4.92 Å². The van der Waals surface area contributed by atoms with E-state index >= 15 is 0 Å². The van der Waals surface area contributed by atoms with Crippen LogP contribution < -0.4 is 10.2 Å². The summed E-state index contributed by atoms with van der Waals surface area (Å²) in [6, 6.07) is 0.299. The molecule has 1 aliphatic heterocycles. The number of nitrogens with zero attached hydrogens (tertiary/aromatic N) is 4. The summed E-state index contributed by atoms with van der Waals surface area (Å²) in [5.74, 6) is 0.642. The molecule has 1 N–H and O–H groups in total. The Labute approximate surface area is 119 Å². The minimum Gasteiger partial charge on any atom is -0.347 e. The van der Waals surface area contributed by atoms with Crippen molar-refractivity contribution in [3.8, 4) is 0 Å². The molecule has 1 aliphatic rings. The number of nitrogens with one attached hydrogen (secondary N) is 1. The van der Waals surface area contributed by atoms with Crippen LogP contribution in [-0.4, -0.2) is 40.4 Å². The van der Waals surface area contributed by atoms with E-state index < -0.39 is 0 Å². The van der Waals surface area contributed by atoms with E-state index in [0.29, 0.717) is 24.0 Å². The fraction of sp³-hybridized carbons (Fsp3) is 0.769. The lowest BCUT2D eigenvalue weighted by atomic mass is 10.1. The highest BCUT2D eigenvalue weighted by atomic mass is 16.6. The molecular formula is C13H23N5O2. The molecule has 20 heavy (non-hydrogen) atoms. The Kier molecular flexibility index (Phi) is 4.59. The lowest BCUT2D eigenvalue weighted by molar-refractivity contribution is -0.384. The maximum absolute atomic E-state index is 11.4. The Bertz CT molecular complexity index is 479. The van der Waals surface area contributed by atoms with Gasteiger partial charge in [0, 0.05) is 26.2 Å². The molecule has 0 bridgehead atoms. The van der Waals surface area contributed by atoms with Crippen molar-refractivity contribution in [3.63, 3.8) is 0 Å². The minimum absolute atomic E-state index is 0.169. The summed E-state index contributed by atoms with van der Waals surface area (Å²) in [6.07, 6.45) is 2.74. The fourth-order valence-corrected chi connectivity index (χ4v) is 2.99. The summed E-state index contributed by atoms with van der Waals surface area (Å²) in [4.78, 5) is 13.3. The molecule has 1 atom stereocenters. The highest BCUT2D eigenvalue weighted by Crippen LogP contribution is 2.33. The second-order valence-corrected chi connectivity index (χ2v) is 5.14. The molecule has 1 unspecified atom stereocenters. The van der Waals surface area contributed by atoms with Crippen LogP contribution in [0.3, 0.4) is 0 Å². The number of nitro groups is 1. The normalized spacial score (nSPS) is 19.1. The number of piperidine rings is 1. The number of rotatable bonds is 5. The van der Waals surface area contributed by atoms with Gasteiger partial charge in [-0.1, -0.05) is 6.92 Å². The van der Waals surface area contributed by atoms with Crippen molar-refractivity contribution in [2.75, 3.05) is 24.5 Å². The molecule has 112 valence electrons. The van der Waals surface area contributed by atoms with Crippen molar-refractivity contribution in [1.82, 2.24) is 15.1 Å². The number of likely N-dealkylation sites (N-methyl/N-ethyl adjacent to an activating group) is 1. The first-order valence-corrected chi connectivity index (χ1v) is 7.27. The smallest absolute Gasteiger partial charge is 0.334 e. The van der Waals surface area contributed by atoms with Crippen LogP contribution in [0.4, 0.5) is 11.5 Å². The van der Waals surface area contributed by atoms with Gasteiger partial charge in [-0.25, -0.2) is 4.68 Å². The molecule has 0 aromatic carbocycles. The van der Waals surface area contributed by atoms with Crippen molar-refractivity contribution in [2.45, 2.75) is 39.2 Å². The van der Waals surface area contributed by atoms with E-state index in [4.69, 9.17) is 0 Å². The third-order valence-electron chi connectivity index (χ3n) is 3.90. The van der Waals surface area contributed by atoms with E-state index in [-0.39, 0.29) is 10.6 Å². The summed E-state index contributed by atoms with van der Waals surface area (Å²) < 4.78 is 1.66. The molecule has 1 fully saturated rings. The molecule has 0 spiro atoms. The maximum atomic E-state index is 11.4. The van der Waals surface area contributed by atoms with E-state index in [9.17, 15) is 10.1 Å². The zero-order chi connectivity index (χ0) is 14.7. The third kappa shape index (κ3) is 2.63. The highest BCUT2D eigenvalue weighted by Gasteiger charge is 2.32. The van der Waals surface area contributed by atoms with E-state index in [0.717, 1.165) is 32.5 Å². The SMILES string of the molecule is CCc1nn(C)c(N(CC)C2CCCNC2)c1[N+](=O)[O-]. The van der Waals surface area contributed by atoms with Gasteiger partial charge in [-0.15, -0.1) is 0 Å². The average molecular weight is 281 g/mol. The molecule has 2 heterocycles. The van der Waals surface area contributed by atoms with E-state index in [1.54, 1.807) is 11.7 Å². The number of hydrogen-bond donors (Lipinski definition) is 1. The van der Waals surface area contributed by atoms with Gasteiger partial charge in [-0.2, -0.15) is 5.10 Å². The zero-order valence-corrected chi connectivity index (χ0v) is 12.4. The molecular weight excluding hydrogens is 258 g/mol.